The van der Waals surface area contributed by atoms with Crippen molar-refractivity contribution in [1.29, 1.82) is 0 Å². The van der Waals surface area contributed by atoms with Gasteiger partial charge in [0, 0.05) is 25.2 Å². The summed E-state index contributed by atoms with van der Waals surface area (Å²) >= 11 is 6.01. The van der Waals surface area contributed by atoms with Crippen LogP contribution >= 0.6 is 11.6 Å². The smallest absolute Gasteiger partial charge is 0.308 e. The predicted octanol–water partition coefficient (Wildman–Crippen LogP) is 1.23. The highest BCUT2D eigenvalue weighted by Gasteiger charge is 2.11. The van der Waals surface area contributed by atoms with E-state index in [1.807, 2.05) is 0 Å². The van der Waals surface area contributed by atoms with Crippen molar-refractivity contribution in [3.05, 3.63) is 22.5 Å². The van der Waals surface area contributed by atoms with Gasteiger partial charge in [0.1, 0.15) is 5.15 Å². The Kier molecular flexibility index (Phi) is 5.11. The number of carbonyl (C=O) groups excluding carboxylic acids is 1. The fourth-order valence-corrected chi connectivity index (χ4v) is 1.63. The number of aliphatic carboxylic acids is 1. The fourth-order valence-electron chi connectivity index (χ4n) is 1.39. The molecule has 1 aromatic rings. The molecule has 1 heterocycles. The van der Waals surface area contributed by atoms with Crippen molar-refractivity contribution in [3.8, 4) is 0 Å². The normalized spacial score (nSPS) is 12.6. The summed E-state index contributed by atoms with van der Waals surface area (Å²) in [6.07, 6.45) is 2.87. The predicted molar refractivity (Wildman–Crippen MR) is 71.8 cm³/mol. The molecule has 0 saturated carbocycles. The van der Waals surface area contributed by atoms with Crippen LogP contribution in [0.1, 0.15) is 18.2 Å². The van der Waals surface area contributed by atoms with Gasteiger partial charge in [-0.25, -0.2) is 0 Å². The van der Waals surface area contributed by atoms with Gasteiger partial charge < -0.3 is 10.4 Å². The summed E-state index contributed by atoms with van der Waals surface area (Å²) in [6, 6.07) is 0. The van der Waals surface area contributed by atoms with Crippen molar-refractivity contribution in [2.24, 2.45) is 13.0 Å². The molecule has 7 heteroatoms. The first-order valence-corrected chi connectivity index (χ1v) is 6.08. The van der Waals surface area contributed by atoms with Crippen LogP contribution in [0.15, 0.2) is 6.08 Å². The van der Waals surface area contributed by atoms with Crippen molar-refractivity contribution < 1.29 is 14.7 Å². The summed E-state index contributed by atoms with van der Waals surface area (Å²) in [5.74, 6) is -1.94. The molecule has 0 fully saturated rings. The molecule has 1 amide bonds. The van der Waals surface area contributed by atoms with Gasteiger partial charge in [-0.15, -0.1) is 0 Å². The largest absolute Gasteiger partial charge is 0.481 e. The Bertz CT molecular complexity index is 523. The number of nitrogens with one attached hydrogen (secondary N) is 1. The van der Waals surface area contributed by atoms with E-state index in [2.05, 4.69) is 10.4 Å². The van der Waals surface area contributed by atoms with E-state index >= 15 is 0 Å². The standard InChI is InChI=1S/C12H16ClN3O3/c1-7(12(18)19)6-14-10(17)5-4-9-8(2)15-16(3)11(9)13/h4-5,7H,6H2,1-3H3,(H,14,17)(H,18,19)/b5-4-/t7-/m1/s1. The van der Waals surface area contributed by atoms with Crippen LogP contribution in [0.4, 0.5) is 0 Å². The number of hydrogen-bond acceptors (Lipinski definition) is 3. The van der Waals surface area contributed by atoms with E-state index in [1.165, 1.54) is 17.7 Å². The Balaban J connectivity index is 2.62. The van der Waals surface area contributed by atoms with Gasteiger partial charge in [-0.2, -0.15) is 5.10 Å². The molecule has 0 saturated heterocycles. The van der Waals surface area contributed by atoms with Gasteiger partial charge in [-0.1, -0.05) is 18.5 Å². The highest BCUT2D eigenvalue weighted by molar-refractivity contribution is 6.31. The molecular formula is C12H16ClN3O3. The zero-order valence-corrected chi connectivity index (χ0v) is 11.7. The van der Waals surface area contributed by atoms with E-state index in [-0.39, 0.29) is 12.5 Å². The maximum Gasteiger partial charge on any atom is 0.308 e. The summed E-state index contributed by atoms with van der Waals surface area (Å²) in [6.45, 7) is 3.39. The highest BCUT2D eigenvalue weighted by atomic mass is 35.5. The van der Waals surface area contributed by atoms with Crippen LogP contribution in [0.2, 0.25) is 5.15 Å². The summed E-state index contributed by atoms with van der Waals surface area (Å²) in [5.41, 5.74) is 1.39. The van der Waals surface area contributed by atoms with Gasteiger partial charge in [-0.3, -0.25) is 14.3 Å². The zero-order chi connectivity index (χ0) is 14.6. The lowest BCUT2D eigenvalue weighted by atomic mass is 10.2. The van der Waals surface area contributed by atoms with Crippen molar-refractivity contribution in [2.75, 3.05) is 6.54 Å². The molecule has 104 valence electrons. The second-order valence-electron chi connectivity index (χ2n) is 4.23. The summed E-state index contributed by atoms with van der Waals surface area (Å²) in [7, 11) is 1.71. The summed E-state index contributed by atoms with van der Waals surface area (Å²) in [5, 5.41) is 15.7. The molecule has 1 rings (SSSR count). The van der Waals surface area contributed by atoms with Crippen LogP contribution in [0.5, 0.6) is 0 Å². The minimum absolute atomic E-state index is 0.0816. The number of aromatic nitrogens is 2. The third kappa shape index (κ3) is 4.10. The molecule has 0 aliphatic rings. The maximum absolute atomic E-state index is 11.5. The van der Waals surface area contributed by atoms with Gasteiger partial charge in [0.2, 0.25) is 5.91 Å². The van der Waals surface area contributed by atoms with Crippen LogP contribution in [0.3, 0.4) is 0 Å². The maximum atomic E-state index is 11.5. The molecule has 0 spiro atoms. The second-order valence-corrected chi connectivity index (χ2v) is 4.59. The first kappa shape index (κ1) is 15.2. The molecule has 2 N–H and O–H groups in total. The molecule has 0 radical (unpaired) electrons. The quantitative estimate of drug-likeness (QED) is 0.797. The van der Waals surface area contributed by atoms with E-state index in [1.54, 1.807) is 20.0 Å². The van der Waals surface area contributed by atoms with Gasteiger partial charge in [0.25, 0.3) is 0 Å². The molecule has 0 bridgehead atoms. The number of hydrogen-bond donors (Lipinski definition) is 2. The summed E-state index contributed by atoms with van der Waals surface area (Å²) in [4.78, 5) is 22.1. The minimum atomic E-state index is -0.949. The van der Waals surface area contributed by atoms with Gasteiger partial charge in [0.05, 0.1) is 11.6 Å². The molecule has 19 heavy (non-hydrogen) atoms. The number of aryl methyl sites for hydroxylation is 2. The van der Waals surface area contributed by atoms with Gasteiger partial charge in [0.15, 0.2) is 0 Å². The third-order valence-electron chi connectivity index (χ3n) is 2.60. The molecule has 0 unspecified atom stereocenters. The monoisotopic (exact) mass is 285 g/mol. The van der Waals surface area contributed by atoms with Crippen molar-refractivity contribution in [1.82, 2.24) is 15.1 Å². The molecule has 0 aromatic carbocycles. The average molecular weight is 286 g/mol. The average Bonchev–Trinajstić information content (AvgIpc) is 2.58. The van der Waals surface area contributed by atoms with Crippen molar-refractivity contribution in [2.45, 2.75) is 13.8 Å². The minimum Gasteiger partial charge on any atom is -0.481 e. The number of carboxylic acids is 1. The number of rotatable bonds is 5. The highest BCUT2D eigenvalue weighted by Crippen LogP contribution is 2.19. The molecule has 1 atom stereocenters. The first-order chi connectivity index (χ1) is 8.82. The van der Waals surface area contributed by atoms with E-state index in [0.29, 0.717) is 10.7 Å². The fraction of sp³-hybridized carbons (Fsp3) is 0.417. The lowest BCUT2D eigenvalue weighted by Crippen LogP contribution is -2.30. The van der Waals surface area contributed by atoms with E-state index in [0.717, 1.165) is 5.69 Å². The van der Waals surface area contributed by atoms with E-state index in [4.69, 9.17) is 16.7 Å². The van der Waals surface area contributed by atoms with Crippen LogP contribution in [-0.4, -0.2) is 33.3 Å². The molecule has 0 aliphatic carbocycles. The number of amides is 1. The van der Waals surface area contributed by atoms with Crippen LogP contribution in [0, 0.1) is 12.8 Å². The van der Waals surface area contributed by atoms with Crippen LogP contribution < -0.4 is 5.32 Å². The van der Waals surface area contributed by atoms with Crippen molar-refractivity contribution in [3.63, 3.8) is 0 Å². The molecular weight excluding hydrogens is 270 g/mol. The number of nitrogens with zero attached hydrogens (tertiary/aromatic N) is 2. The van der Waals surface area contributed by atoms with Crippen LogP contribution in [-0.2, 0) is 16.6 Å². The Morgan fingerprint density at radius 2 is 2.21 bits per heavy atom. The third-order valence-corrected chi connectivity index (χ3v) is 3.05. The Labute approximate surface area is 116 Å². The topological polar surface area (TPSA) is 84.2 Å². The van der Waals surface area contributed by atoms with Crippen LogP contribution in [0.25, 0.3) is 6.08 Å². The molecule has 0 aliphatic heterocycles. The first-order valence-electron chi connectivity index (χ1n) is 5.70. The lowest BCUT2D eigenvalue weighted by Gasteiger charge is -2.05. The Morgan fingerprint density at radius 3 is 2.68 bits per heavy atom. The summed E-state index contributed by atoms with van der Waals surface area (Å²) < 4.78 is 1.51. The number of carboxylic acid groups (broad SMARTS) is 1. The number of carbonyl (C=O) groups is 2. The molecule has 1 aromatic heterocycles. The van der Waals surface area contributed by atoms with E-state index < -0.39 is 11.9 Å². The SMILES string of the molecule is Cc1nn(C)c(Cl)c1/C=C\C(=O)NC[C@@H](C)C(=O)O. The lowest BCUT2D eigenvalue weighted by molar-refractivity contribution is -0.141. The van der Waals surface area contributed by atoms with Crippen molar-refractivity contribution >= 4 is 29.6 Å². The Morgan fingerprint density at radius 1 is 1.58 bits per heavy atom. The van der Waals surface area contributed by atoms with Gasteiger partial charge in [-0.05, 0) is 13.0 Å². The van der Waals surface area contributed by atoms with Gasteiger partial charge >= 0.3 is 5.97 Å². The van der Waals surface area contributed by atoms with E-state index in [9.17, 15) is 9.59 Å². The number of halogens is 1. The molecule has 6 nitrogen and oxygen atoms in total. The Hall–Kier alpha value is -1.82. The second kappa shape index (κ2) is 6.38. The zero-order valence-electron chi connectivity index (χ0n) is 11.0.